The van der Waals surface area contributed by atoms with Gasteiger partial charge in [-0.25, -0.2) is 12.7 Å². The molecule has 0 spiro atoms. The Bertz CT molecular complexity index is 704. The van der Waals surface area contributed by atoms with Gasteiger partial charge in [-0.15, -0.1) is 0 Å². The molecule has 1 aromatic rings. The van der Waals surface area contributed by atoms with E-state index in [-0.39, 0.29) is 0 Å². The first-order valence-electron chi connectivity index (χ1n) is 8.47. The summed E-state index contributed by atoms with van der Waals surface area (Å²) in [6.07, 6.45) is 1.14. The molecule has 1 aromatic carbocycles. The lowest BCUT2D eigenvalue weighted by atomic mass is 10.2. The van der Waals surface area contributed by atoms with E-state index in [9.17, 15) is 8.42 Å². The van der Waals surface area contributed by atoms with Gasteiger partial charge >= 0.3 is 0 Å². The standard InChI is InChI=1S/C17H28N4O2S2/c1-5-15-13-21(10-11-24-15)17(18-2)19-12-14-8-6-7-9-16(14)25(22,23)20(3)4/h6-9,15H,5,10-13H2,1-4H3,(H,18,19). The van der Waals surface area contributed by atoms with E-state index in [1.807, 2.05) is 23.9 Å². The average Bonchev–Trinajstić information content (AvgIpc) is 2.62. The zero-order valence-corrected chi connectivity index (χ0v) is 17.0. The van der Waals surface area contributed by atoms with E-state index in [0.717, 1.165) is 36.8 Å². The Morgan fingerprint density at radius 1 is 1.40 bits per heavy atom. The second-order valence-electron chi connectivity index (χ2n) is 6.14. The van der Waals surface area contributed by atoms with Gasteiger partial charge in [-0.1, -0.05) is 25.1 Å². The topological polar surface area (TPSA) is 65.0 Å². The van der Waals surface area contributed by atoms with Crippen molar-refractivity contribution in [2.75, 3.05) is 40.0 Å². The zero-order chi connectivity index (χ0) is 18.4. The van der Waals surface area contributed by atoms with Crippen molar-refractivity contribution in [1.82, 2.24) is 14.5 Å². The van der Waals surface area contributed by atoms with Gasteiger partial charge in [-0.3, -0.25) is 4.99 Å². The summed E-state index contributed by atoms with van der Waals surface area (Å²) in [5.41, 5.74) is 0.746. The van der Waals surface area contributed by atoms with Crippen LogP contribution in [0.1, 0.15) is 18.9 Å². The van der Waals surface area contributed by atoms with E-state index in [1.54, 1.807) is 33.3 Å². The fourth-order valence-electron chi connectivity index (χ4n) is 2.76. The number of guanidine groups is 1. The van der Waals surface area contributed by atoms with Gasteiger partial charge in [-0.05, 0) is 18.1 Å². The van der Waals surface area contributed by atoms with Crippen LogP contribution in [-0.4, -0.2) is 68.8 Å². The lowest BCUT2D eigenvalue weighted by Crippen LogP contribution is -2.47. The predicted octanol–water partition coefficient (Wildman–Crippen LogP) is 1.84. The van der Waals surface area contributed by atoms with Crippen LogP contribution >= 0.6 is 11.8 Å². The summed E-state index contributed by atoms with van der Waals surface area (Å²) >= 11 is 2.01. The molecular weight excluding hydrogens is 356 g/mol. The van der Waals surface area contributed by atoms with E-state index < -0.39 is 10.0 Å². The number of aliphatic imine (C=N–C) groups is 1. The maximum Gasteiger partial charge on any atom is 0.242 e. The summed E-state index contributed by atoms with van der Waals surface area (Å²) < 4.78 is 26.3. The van der Waals surface area contributed by atoms with E-state index in [0.29, 0.717) is 16.7 Å². The third kappa shape index (κ3) is 4.89. The van der Waals surface area contributed by atoms with Gasteiger partial charge in [0.2, 0.25) is 10.0 Å². The number of rotatable bonds is 5. The molecular formula is C17H28N4O2S2. The molecule has 6 nitrogen and oxygen atoms in total. The van der Waals surface area contributed by atoms with Crippen molar-refractivity contribution in [3.63, 3.8) is 0 Å². The first-order valence-corrected chi connectivity index (χ1v) is 11.0. The number of hydrogen-bond donors (Lipinski definition) is 1. The minimum Gasteiger partial charge on any atom is -0.352 e. The number of hydrogen-bond acceptors (Lipinski definition) is 4. The Hall–Kier alpha value is -1.25. The Labute approximate surface area is 155 Å². The fourth-order valence-corrected chi connectivity index (χ4v) is 5.06. The van der Waals surface area contributed by atoms with Gasteiger partial charge in [0.1, 0.15) is 0 Å². The molecule has 0 aromatic heterocycles. The summed E-state index contributed by atoms with van der Waals surface area (Å²) in [5.74, 6) is 1.92. The summed E-state index contributed by atoms with van der Waals surface area (Å²) in [5, 5.41) is 3.95. The lowest BCUT2D eigenvalue weighted by molar-refractivity contribution is 0.408. The third-order valence-electron chi connectivity index (χ3n) is 4.27. The van der Waals surface area contributed by atoms with Gasteiger partial charge in [0.25, 0.3) is 0 Å². The molecule has 0 amide bonds. The molecule has 0 bridgehead atoms. The highest BCUT2D eigenvalue weighted by molar-refractivity contribution is 8.00. The van der Waals surface area contributed by atoms with E-state index in [1.165, 1.54) is 4.31 Å². The Balaban J connectivity index is 2.13. The Morgan fingerprint density at radius 2 is 2.12 bits per heavy atom. The minimum absolute atomic E-state index is 0.337. The highest BCUT2D eigenvalue weighted by atomic mass is 32.2. The highest BCUT2D eigenvalue weighted by Crippen LogP contribution is 2.22. The SMILES string of the molecule is CCC1CN(C(=NC)NCc2ccccc2S(=O)(=O)N(C)C)CCS1. The molecule has 1 aliphatic heterocycles. The summed E-state index contributed by atoms with van der Waals surface area (Å²) in [6, 6.07) is 7.11. The first-order chi connectivity index (χ1) is 11.9. The van der Waals surface area contributed by atoms with Gasteiger partial charge in [0.15, 0.2) is 5.96 Å². The molecule has 1 unspecified atom stereocenters. The third-order valence-corrected chi connectivity index (χ3v) is 7.56. The Kier molecular flexibility index (Phi) is 7.15. The van der Waals surface area contributed by atoms with Crippen molar-refractivity contribution < 1.29 is 8.42 Å². The average molecular weight is 385 g/mol. The molecule has 2 rings (SSSR count). The number of nitrogens with one attached hydrogen (secondary N) is 1. The van der Waals surface area contributed by atoms with Crippen LogP contribution in [0.15, 0.2) is 34.2 Å². The van der Waals surface area contributed by atoms with Crippen LogP contribution in [0.3, 0.4) is 0 Å². The number of thioether (sulfide) groups is 1. The summed E-state index contributed by atoms with van der Waals surface area (Å²) in [7, 11) is 1.41. The molecule has 140 valence electrons. The van der Waals surface area contributed by atoms with E-state index in [4.69, 9.17) is 0 Å². The molecule has 0 saturated carbocycles. The molecule has 1 heterocycles. The smallest absolute Gasteiger partial charge is 0.242 e. The number of sulfonamides is 1. The van der Waals surface area contributed by atoms with Gasteiger partial charge in [-0.2, -0.15) is 11.8 Å². The van der Waals surface area contributed by atoms with Crippen LogP contribution in [0.5, 0.6) is 0 Å². The summed E-state index contributed by atoms with van der Waals surface area (Å²) in [6.45, 7) is 4.56. The van der Waals surface area contributed by atoms with Crippen molar-refractivity contribution in [2.45, 2.75) is 30.0 Å². The maximum absolute atomic E-state index is 12.5. The highest BCUT2D eigenvalue weighted by Gasteiger charge is 2.23. The molecule has 25 heavy (non-hydrogen) atoms. The maximum atomic E-state index is 12.5. The van der Waals surface area contributed by atoms with Crippen molar-refractivity contribution in [3.05, 3.63) is 29.8 Å². The Morgan fingerprint density at radius 3 is 2.76 bits per heavy atom. The molecule has 1 atom stereocenters. The number of benzene rings is 1. The second-order valence-corrected chi connectivity index (χ2v) is 9.67. The van der Waals surface area contributed by atoms with Crippen LogP contribution in [0.4, 0.5) is 0 Å². The van der Waals surface area contributed by atoms with Gasteiger partial charge in [0, 0.05) is 51.8 Å². The fraction of sp³-hybridized carbons (Fsp3) is 0.588. The van der Waals surface area contributed by atoms with Crippen molar-refractivity contribution in [1.29, 1.82) is 0 Å². The molecule has 1 aliphatic rings. The summed E-state index contributed by atoms with van der Waals surface area (Å²) in [4.78, 5) is 6.98. The molecule has 1 saturated heterocycles. The first kappa shape index (κ1) is 20.1. The molecule has 1 N–H and O–H groups in total. The molecule has 1 fully saturated rings. The largest absolute Gasteiger partial charge is 0.352 e. The van der Waals surface area contributed by atoms with Crippen LogP contribution in [0.25, 0.3) is 0 Å². The van der Waals surface area contributed by atoms with Gasteiger partial charge < -0.3 is 10.2 Å². The van der Waals surface area contributed by atoms with E-state index in [2.05, 4.69) is 22.1 Å². The number of nitrogens with zero attached hydrogens (tertiary/aromatic N) is 3. The zero-order valence-electron chi connectivity index (χ0n) is 15.4. The lowest BCUT2D eigenvalue weighted by Gasteiger charge is -2.34. The molecule has 0 radical (unpaired) electrons. The van der Waals surface area contributed by atoms with Crippen molar-refractivity contribution in [3.8, 4) is 0 Å². The predicted molar refractivity (Wildman–Crippen MR) is 106 cm³/mol. The normalized spacial score (nSPS) is 19.3. The quantitative estimate of drug-likeness (QED) is 0.620. The molecule has 8 heteroatoms. The van der Waals surface area contributed by atoms with Gasteiger partial charge in [0.05, 0.1) is 4.90 Å². The van der Waals surface area contributed by atoms with Crippen LogP contribution in [0.2, 0.25) is 0 Å². The van der Waals surface area contributed by atoms with Crippen LogP contribution < -0.4 is 5.32 Å². The van der Waals surface area contributed by atoms with Crippen LogP contribution in [-0.2, 0) is 16.6 Å². The van der Waals surface area contributed by atoms with Crippen molar-refractivity contribution in [2.24, 2.45) is 4.99 Å². The van der Waals surface area contributed by atoms with E-state index >= 15 is 0 Å². The monoisotopic (exact) mass is 384 g/mol. The second kappa shape index (κ2) is 8.91. The van der Waals surface area contributed by atoms with Crippen molar-refractivity contribution >= 4 is 27.7 Å². The van der Waals surface area contributed by atoms with Crippen LogP contribution in [0, 0.1) is 0 Å². The minimum atomic E-state index is -3.46. The molecule has 0 aliphatic carbocycles.